The Bertz CT molecular complexity index is 800. The van der Waals surface area contributed by atoms with Crippen LogP contribution in [0.3, 0.4) is 0 Å². The number of anilines is 1. The maximum atomic E-state index is 12.2. The number of fused-ring (bicyclic) bond motifs is 1. The number of Topliss-reactive ketones (excluding diaryl/α,β-unsaturated/α-hetero) is 1. The third-order valence-electron chi connectivity index (χ3n) is 3.43. The van der Waals surface area contributed by atoms with Crippen molar-refractivity contribution >= 4 is 22.8 Å². The van der Waals surface area contributed by atoms with Crippen molar-refractivity contribution in [3.05, 3.63) is 61.1 Å². The smallest absolute Gasteiger partial charge is 0.356 e. The van der Waals surface area contributed by atoms with E-state index in [9.17, 15) is 4.79 Å². The summed E-state index contributed by atoms with van der Waals surface area (Å²) in [5.74, 6) is 0.747. The molecule has 2 aromatic heterocycles. The normalized spacial score (nSPS) is 10.9. The Morgan fingerprint density at radius 1 is 1.33 bits per heavy atom. The van der Waals surface area contributed by atoms with E-state index in [1.807, 2.05) is 28.8 Å². The molecule has 0 aliphatic carbocycles. The zero-order valence-corrected chi connectivity index (χ0v) is 11.5. The van der Waals surface area contributed by atoms with E-state index in [0.717, 1.165) is 11.0 Å². The molecule has 0 fully saturated rings. The molecule has 0 bridgehead atoms. The first-order valence-corrected chi connectivity index (χ1v) is 6.66. The lowest BCUT2D eigenvalue weighted by atomic mass is 10.3. The Balaban J connectivity index is 2.07. The van der Waals surface area contributed by atoms with E-state index in [1.54, 1.807) is 22.8 Å². The fourth-order valence-corrected chi connectivity index (χ4v) is 2.46. The Labute approximate surface area is 121 Å². The minimum absolute atomic E-state index is 0.113. The highest BCUT2D eigenvalue weighted by Crippen LogP contribution is 2.16. The molecule has 3 aromatic rings. The minimum Gasteiger partial charge on any atom is -0.461 e. The highest BCUT2D eigenvalue weighted by molar-refractivity contribution is 5.92. The number of hydrogen-bond acceptors (Lipinski definition) is 3. The van der Waals surface area contributed by atoms with Gasteiger partial charge in [0.2, 0.25) is 5.78 Å². The quantitative estimate of drug-likeness (QED) is 0.443. The molecule has 5 nitrogen and oxygen atoms in total. The summed E-state index contributed by atoms with van der Waals surface area (Å²) in [7, 11) is 0. The minimum atomic E-state index is -0.113. The number of ketones is 1. The van der Waals surface area contributed by atoms with Gasteiger partial charge in [-0.05, 0) is 24.3 Å². The van der Waals surface area contributed by atoms with Crippen molar-refractivity contribution in [2.24, 2.45) is 0 Å². The predicted molar refractivity (Wildman–Crippen MR) is 79.8 cm³/mol. The summed E-state index contributed by atoms with van der Waals surface area (Å²) in [4.78, 5) is 12.2. The van der Waals surface area contributed by atoms with Gasteiger partial charge in [0.25, 0.3) is 0 Å². The van der Waals surface area contributed by atoms with Crippen LogP contribution in [-0.4, -0.2) is 10.4 Å². The van der Waals surface area contributed by atoms with E-state index in [4.69, 9.17) is 10.2 Å². The number of carbonyl (C=O) groups is 1. The zero-order valence-electron chi connectivity index (χ0n) is 11.5. The molecule has 0 aliphatic heterocycles. The second kappa shape index (κ2) is 5.28. The van der Waals surface area contributed by atoms with Gasteiger partial charge < -0.3 is 4.42 Å². The van der Waals surface area contributed by atoms with Gasteiger partial charge in [-0.15, -0.1) is 0 Å². The van der Waals surface area contributed by atoms with Gasteiger partial charge in [0, 0.05) is 0 Å². The Morgan fingerprint density at radius 3 is 2.86 bits per heavy atom. The van der Waals surface area contributed by atoms with Gasteiger partial charge >= 0.3 is 5.95 Å². The summed E-state index contributed by atoms with van der Waals surface area (Å²) in [6.07, 6.45) is 3.27. The lowest BCUT2D eigenvalue weighted by molar-refractivity contribution is -0.642. The van der Waals surface area contributed by atoms with Crippen LogP contribution in [0.15, 0.2) is 59.7 Å². The first-order chi connectivity index (χ1) is 10.2. The van der Waals surface area contributed by atoms with Crippen molar-refractivity contribution < 1.29 is 13.8 Å². The predicted octanol–water partition coefficient (Wildman–Crippen LogP) is 2.17. The van der Waals surface area contributed by atoms with Gasteiger partial charge in [-0.2, -0.15) is 0 Å². The standard InChI is InChI=1S/C16H15N3O2/c1-2-9-18-12-6-3-4-7-13(12)19(16(18)17)11-14(20)15-8-5-10-21-15/h2-8,10,17H,1,9,11H2/p+1. The van der Waals surface area contributed by atoms with Crippen molar-refractivity contribution in [1.29, 1.82) is 0 Å². The fraction of sp³-hybridized carbons (Fsp3) is 0.125. The van der Waals surface area contributed by atoms with Gasteiger partial charge in [-0.3, -0.25) is 10.5 Å². The largest absolute Gasteiger partial charge is 0.461 e. The van der Waals surface area contributed by atoms with Crippen LogP contribution in [0.2, 0.25) is 0 Å². The molecule has 1 aromatic carbocycles. The zero-order chi connectivity index (χ0) is 14.8. The molecule has 0 unspecified atom stereocenters. The third-order valence-corrected chi connectivity index (χ3v) is 3.43. The molecule has 5 heteroatoms. The second-order valence-corrected chi connectivity index (χ2v) is 4.73. The number of aromatic nitrogens is 2. The Morgan fingerprint density at radius 2 is 2.14 bits per heavy atom. The fourth-order valence-electron chi connectivity index (χ4n) is 2.46. The molecule has 3 rings (SSSR count). The van der Waals surface area contributed by atoms with Crippen molar-refractivity contribution in [1.82, 2.24) is 4.57 Å². The van der Waals surface area contributed by atoms with Crippen LogP contribution in [0.25, 0.3) is 11.0 Å². The number of para-hydroxylation sites is 2. The maximum absolute atomic E-state index is 12.2. The van der Waals surface area contributed by atoms with Gasteiger partial charge in [0.05, 0.1) is 12.8 Å². The van der Waals surface area contributed by atoms with Crippen LogP contribution in [0.5, 0.6) is 0 Å². The van der Waals surface area contributed by atoms with Gasteiger partial charge in [0.1, 0.15) is 17.6 Å². The van der Waals surface area contributed by atoms with Crippen LogP contribution in [-0.2, 0) is 13.1 Å². The van der Waals surface area contributed by atoms with E-state index in [2.05, 4.69) is 6.58 Å². The number of imidazole rings is 1. The number of furan rings is 1. The molecule has 0 radical (unpaired) electrons. The SMILES string of the molecule is C=CCn1c(N)[n+](CC(=O)c2ccco2)c2ccccc21. The number of nitrogens with two attached hydrogens (primary N) is 1. The summed E-state index contributed by atoms with van der Waals surface area (Å²) < 4.78 is 8.87. The molecule has 2 heterocycles. The number of nitrogens with zero attached hydrogens (tertiary/aromatic N) is 2. The molecule has 2 N–H and O–H groups in total. The van der Waals surface area contributed by atoms with Gasteiger partial charge in [-0.25, -0.2) is 9.13 Å². The number of allylic oxidation sites excluding steroid dienone is 1. The number of carbonyl (C=O) groups excluding carboxylic acids is 1. The first kappa shape index (κ1) is 13.2. The second-order valence-electron chi connectivity index (χ2n) is 4.73. The maximum Gasteiger partial charge on any atom is 0.356 e. The van der Waals surface area contributed by atoms with Crippen molar-refractivity contribution in [3.63, 3.8) is 0 Å². The van der Waals surface area contributed by atoms with Crippen LogP contribution >= 0.6 is 0 Å². The third kappa shape index (κ3) is 2.23. The molecule has 0 atom stereocenters. The summed E-state index contributed by atoms with van der Waals surface area (Å²) in [6, 6.07) is 11.1. The van der Waals surface area contributed by atoms with Crippen molar-refractivity contribution in [3.8, 4) is 0 Å². The van der Waals surface area contributed by atoms with Gasteiger partial charge in [0.15, 0.2) is 5.76 Å². The number of hydrogen-bond donors (Lipinski definition) is 1. The summed E-state index contributed by atoms with van der Waals surface area (Å²) >= 11 is 0. The first-order valence-electron chi connectivity index (χ1n) is 6.66. The van der Waals surface area contributed by atoms with Crippen LogP contribution < -0.4 is 10.3 Å². The highest BCUT2D eigenvalue weighted by atomic mass is 16.3. The molecule has 0 spiro atoms. The van der Waals surface area contributed by atoms with Crippen molar-refractivity contribution in [2.45, 2.75) is 13.1 Å². The molecule has 0 saturated carbocycles. The monoisotopic (exact) mass is 282 g/mol. The Hall–Kier alpha value is -2.82. The van der Waals surface area contributed by atoms with E-state index >= 15 is 0 Å². The Kier molecular flexibility index (Phi) is 3.31. The summed E-state index contributed by atoms with van der Waals surface area (Å²) in [5.41, 5.74) is 8.09. The highest BCUT2D eigenvalue weighted by Gasteiger charge is 2.23. The molecule has 106 valence electrons. The summed E-state index contributed by atoms with van der Waals surface area (Å²) in [6.45, 7) is 4.48. The van der Waals surface area contributed by atoms with E-state index < -0.39 is 0 Å². The lowest BCUT2D eigenvalue weighted by Gasteiger charge is -1.99. The average molecular weight is 282 g/mol. The molecule has 0 aliphatic rings. The molecular formula is C16H16N3O2+. The van der Waals surface area contributed by atoms with Crippen LogP contribution in [0.1, 0.15) is 10.6 Å². The number of benzene rings is 1. The van der Waals surface area contributed by atoms with E-state index in [1.165, 1.54) is 6.26 Å². The molecular weight excluding hydrogens is 266 g/mol. The number of rotatable bonds is 5. The van der Waals surface area contributed by atoms with Crippen molar-refractivity contribution in [2.75, 3.05) is 5.73 Å². The van der Waals surface area contributed by atoms with Gasteiger partial charge in [-0.1, -0.05) is 24.8 Å². The molecule has 0 saturated heterocycles. The topological polar surface area (TPSA) is 65.0 Å². The average Bonchev–Trinajstić information content (AvgIpc) is 3.11. The van der Waals surface area contributed by atoms with E-state index in [0.29, 0.717) is 18.3 Å². The summed E-state index contributed by atoms with van der Waals surface area (Å²) in [5, 5.41) is 0. The lowest BCUT2D eigenvalue weighted by Crippen LogP contribution is -2.40. The van der Waals surface area contributed by atoms with Crippen LogP contribution in [0.4, 0.5) is 5.95 Å². The van der Waals surface area contributed by atoms with E-state index in [-0.39, 0.29) is 12.3 Å². The number of nitrogen functional groups attached to an aromatic ring is 1. The molecule has 21 heavy (non-hydrogen) atoms. The van der Waals surface area contributed by atoms with Crippen LogP contribution in [0, 0.1) is 0 Å². The molecule has 0 amide bonds.